The Morgan fingerprint density at radius 2 is 1.97 bits per heavy atom. The minimum absolute atomic E-state index is 0.0379. The van der Waals surface area contributed by atoms with Gasteiger partial charge in [-0.2, -0.15) is 13.2 Å². The number of halogens is 3. The molecule has 1 aliphatic rings. The van der Waals surface area contributed by atoms with Gasteiger partial charge in [-0.25, -0.2) is 4.98 Å². The molecule has 2 aromatic heterocycles. The van der Waals surface area contributed by atoms with Crippen molar-refractivity contribution in [3.05, 3.63) is 70.2 Å². The third-order valence-electron chi connectivity index (χ3n) is 6.97. The summed E-state index contributed by atoms with van der Waals surface area (Å²) in [5, 5.41) is 0.770. The number of hydrogen-bond donors (Lipinski definition) is 0. The number of aryl methyl sites for hydroxylation is 2. The molecule has 1 aromatic carbocycles. The van der Waals surface area contributed by atoms with E-state index >= 15 is 0 Å². The van der Waals surface area contributed by atoms with E-state index in [1.165, 1.54) is 13.0 Å². The fourth-order valence-electron chi connectivity index (χ4n) is 4.86. The van der Waals surface area contributed by atoms with Crippen LogP contribution < -0.4 is 5.49 Å². The highest BCUT2D eigenvalue weighted by molar-refractivity contribution is 5.82. The van der Waals surface area contributed by atoms with Crippen LogP contribution in [0.2, 0.25) is 0 Å². The number of carbonyl (C=O) groups is 1. The number of aromatic nitrogens is 3. The average molecular weight is 498 g/mol. The maximum Gasteiger partial charge on any atom is 0.416 e. The maximum atomic E-state index is 13.5. The highest BCUT2D eigenvalue weighted by atomic mass is 19.4. The predicted octanol–water partition coefficient (Wildman–Crippen LogP) is 5.29. The Hall–Kier alpha value is -3.49. The van der Waals surface area contributed by atoms with Gasteiger partial charge in [-0.05, 0) is 62.9 Å². The van der Waals surface area contributed by atoms with Gasteiger partial charge in [0.25, 0.3) is 0 Å². The number of hydrogen-bond acceptors (Lipinski definition) is 4. The quantitative estimate of drug-likeness (QED) is 0.494. The predicted molar refractivity (Wildman–Crippen MR) is 133 cm³/mol. The lowest BCUT2D eigenvalue weighted by atomic mass is 9.97. The van der Waals surface area contributed by atoms with E-state index in [1.807, 2.05) is 42.5 Å². The number of benzene rings is 1. The Kier molecular flexibility index (Phi) is 6.77. The van der Waals surface area contributed by atoms with Gasteiger partial charge in [0.2, 0.25) is 5.91 Å². The lowest BCUT2D eigenvalue weighted by Crippen LogP contribution is -2.39. The van der Waals surface area contributed by atoms with Gasteiger partial charge in [-0.1, -0.05) is 18.2 Å². The molecule has 0 aliphatic carbocycles. The molecule has 0 saturated heterocycles. The number of fused-ring (bicyclic) bond motifs is 1. The Labute approximate surface area is 208 Å². The molecule has 2 atom stereocenters. The third kappa shape index (κ3) is 4.79. The molecule has 0 N–H and O–H groups in total. The molecule has 1 aliphatic heterocycles. The monoisotopic (exact) mass is 497 g/mol. The first-order chi connectivity index (χ1) is 16.9. The van der Waals surface area contributed by atoms with Crippen molar-refractivity contribution in [3.63, 3.8) is 0 Å². The van der Waals surface area contributed by atoms with Crippen LogP contribution in [-0.2, 0) is 18.0 Å². The number of alkyl halides is 3. The normalized spacial score (nSPS) is 17.9. The fraction of sp³-hybridized carbons (Fsp3) is 0.407. The van der Waals surface area contributed by atoms with Crippen LogP contribution in [0.5, 0.6) is 0 Å². The molecule has 0 fully saturated rings. The van der Waals surface area contributed by atoms with Gasteiger partial charge < -0.3 is 9.47 Å². The van der Waals surface area contributed by atoms with E-state index in [9.17, 15) is 18.0 Å². The van der Waals surface area contributed by atoms with Gasteiger partial charge in [0.1, 0.15) is 5.82 Å². The summed E-state index contributed by atoms with van der Waals surface area (Å²) in [5.74, 6) is 0.752. The highest BCUT2D eigenvalue weighted by Crippen LogP contribution is 2.35. The molecule has 9 heteroatoms. The molecule has 3 aromatic rings. The van der Waals surface area contributed by atoms with Crippen molar-refractivity contribution in [2.75, 3.05) is 6.54 Å². The van der Waals surface area contributed by atoms with Gasteiger partial charge in [0, 0.05) is 31.9 Å². The first-order valence-corrected chi connectivity index (χ1v) is 11.9. The molecule has 0 radical (unpaired) electrons. The van der Waals surface area contributed by atoms with Crippen LogP contribution in [0.1, 0.15) is 61.4 Å². The Bertz CT molecular complexity index is 1440. The standard InChI is InChI=1S/C27H30F3N5O/c1-15-12-20(10-11-35(15)19(5)36)24-13-22-25(14-31-24)34(6)18(4)33-26(22)32-17(3)21-8-7-9-23(16(21)2)27(28,29)30/h7-9,12-15,17H,10-11H2,1-6H3/t15-,17?/m1/s1. The van der Waals surface area contributed by atoms with E-state index in [1.54, 1.807) is 26.1 Å². The second kappa shape index (κ2) is 9.52. The second-order valence-electron chi connectivity index (χ2n) is 9.35. The van der Waals surface area contributed by atoms with Crippen LogP contribution in [0.3, 0.4) is 0 Å². The number of nitrogens with zero attached hydrogens (tertiary/aromatic N) is 5. The molecule has 3 heterocycles. The van der Waals surface area contributed by atoms with Crippen LogP contribution in [0, 0.1) is 13.8 Å². The van der Waals surface area contributed by atoms with Crippen LogP contribution in [0.25, 0.3) is 16.5 Å². The van der Waals surface area contributed by atoms with Crippen LogP contribution >= 0.6 is 0 Å². The van der Waals surface area contributed by atoms with E-state index < -0.39 is 17.8 Å². The Balaban J connectivity index is 1.84. The van der Waals surface area contributed by atoms with E-state index in [4.69, 9.17) is 4.99 Å². The molecule has 6 nitrogen and oxygen atoms in total. The van der Waals surface area contributed by atoms with Crippen LogP contribution in [-0.4, -0.2) is 37.9 Å². The van der Waals surface area contributed by atoms with E-state index in [0.29, 0.717) is 29.8 Å². The summed E-state index contributed by atoms with van der Waals surface area (Å²) in [4.78, 5) is 27.8. The molecule has 190 valence electrons. The largest absolute Gasteiger partial charge is 0.416 e. The zero-order chi connectivity index (χ0) is 26.4. The topological polar surface area (TPSA) is 63.4 Å². The van der Waals surface area contributed by atoms with Crippen molar-refractivity contribution in [1.82, 2.24) is 19.4 Å². The first kappa shape index (κ1) is 25.6. The van der Waals surface area contributed by atoms with Gasteiger partial charge in [0.05, 0.1) is 29.0 Å². The van der Waals surface area contributed by atoms with Crippen molar-refractivity contribution >= 4 is 22.4 Å². The number of rotatable bonds is 3. The van der Waals surface area contributed by atoms with Crippen LogP contribution in [0.15, 0.2) is 41.5 Å². The first-order valence-electron chi connectivity index (χ1n) is 11.9. The minimum Gasteiger partial charge on any atom is -0.336 e. The molecule has 0 bridgehead atoms. The maximum absolute atomic E-state index is 13.5. The van der Waals surface area contributed by atoms with Crippen molar-refractivity contribution in [3.8, 4) is 0 Å². The molecule has 36 heavy (non-hydrogen) atoms. The second-order valence-corrected chi connectivity index (χ2v) is 9.35. The van der Waals surface area contributed by atoms with Crippen molar-refractivity contribution in [1.29, 1.82) is 0 Å². The van der Waals surface area contributed by atoms with Gasteiger partial charge in [-0.3, -0.25) is 14.8 Å². The Morgan fingerprint density at radius 1 is 1.25 bits per heavy atom. The molecular formula is C27H30F3N5O. The lowest BCUT2D eigenvalue weighted by Gasteiger charge is -2.31. The fourth-order valence-corrected chi connectivity index (χ4v) is 4.86. The molecule has 0 spiro atoms. The summed E-state index contributed by atoms with van der Waals surface area (Å²) < 4.78 is 42.3. The van der Waals surface area contributed by atoms with Crippen molar-refractivity contribution in [2.45, 2.75) is 59.3 Å². The highest BCUT2D eigenvalue weighted by Gasteiger charge is 2.33. The summed E-state index contributed by atoms with van der Waals surface area (Å²) in [7, 11) is 1.89. The number of carbonyl (C=O) groups excluding carboxylic acids is 1. The van der Waals surface area contributed by atoms with Gasteiger partial charge in [0.15, 0.2) is 5.49 Å². The van der Waals surface area contributed by atoms with Crippen molar-refractivity contribution in [2.24, 2.45) is 12.0 Å². The molecule has 1 amide bonds. The molecule has 0 saturated carbocycles. The summed E-state index contributed by atoms with van der Waals surface area (Å²) >= 11 is 0. The minimum atomic E-state index is -4.43. The third-order valence-corrected chi connectivity index (χ3v) is 6.97. The summed E-state index contributed by atoms with van der Waals surface area (Å²) in [5.41, 5.74) is 3.13. The molecular weight excluding hydrogens is 467 g/mol. The number of amides is 1. The lowest BCUT2D eigenvalue weighted by molar-refractivity contribution is -0.138. The van der Waals surface area contributed by atoms with Gasteiger partial charge >= 0.3 is 6.18 Å². The molecule has 4 rings (SSSR count). The van der Waals surface area contributed by atoms with Gasteiger partial charge in [-0.15, -0.1) is 0 Å². The summed E-state index contributed by atoms with van der Waals surface area (Å²) in [6.45, 7) is 9.28. The van der Waals surface area contributed by atoms with E-state index in [0.717, 1.165) is 28.2 Å². The zero-order valence-corrected chi connectivity index (χ0v) is 21.3. The summed E-state index contributed by atoms with van der Waals surface area (Å²) in [6.07, 6.45) is 0.0823. The smallest absolute Gasteiger partial charge is 0.336 e. The Morgan fingerprint density at radius 3 is 2.61 bits per heavy atom. The zero-order valence-electron chi connectivity index (χ0n) is 21.3. The van der Waals surface area contributed by atoms with Crippen LogP contribution in [0.4, 0.5) is 13.2 Å². The summed E-state index contributed by atoms with van der Waals surface area (Å²) in [6, 6.07) is 5.55. The SMILES string of the molecule is CC(=O)N1CCC(c2cc3c(=NC(C)c4cccc(C(F)(F)F)c4C)nc(C)n(C)c3cn2)=C[C@H]1C. The number of pyridine rings is 1. The van der Waals surface area contributed by atoms with Crippen molar-refractivity contribution < 1.29 is 18.0 Å². The van der Waals surface area contributed by atoms with E-state index in [-0.39, 0.29) is 17.5 Å². The average Bonchev–Trinajstić information content (AvgIpc) is 2.81. The van der Waals surface area contributed by atoms with E-state index in [2.05, 4.69) is 9.97 Å². The molecule has 1 unspecified atom stereocenters.